The Balaban J connectivity index is 0.00000512. The van der Waals surface area contributed by atoms with Crippen molar-refractivity contribution < 1.29 is 19.4 Å². The molecule has 9 nitrogen and oxygen atoms in total. The molecule has 0 unspecified atom stereocenters. The molecule has 33 heavy (non-hydrogen) atoms. The van der Waals surface area contributed by atoms with Gasteiger partial charge in [0.2, 0.25) is 5.91 Å². The second-order valence-corrected chi connectivity index (χ2v) is 8.74. The molecule has 194 valence electrons. The van der Waals surface area contributed by atoms with Gasteiger partial charge in [0.15, 0.2) is 5.96 Å². The van der Waals surface area contributed by atoms with Crippen LogP contribution in [-0.4, -0.2) is 83.2 Å². The van der Waals surface area contributed by atoms with Crippen LogP contribution in [0.1, 0.15) is 71.6 Å². The summed E-state index contributed by atoms with van der Waals surface area (Å²) in [5.74, 6) is -0.924. The van der Waals surface area contributed by atoms with Gasteiger partial charge in [-0.2, -0.15) is 0 Å². The number of halogens is 2. The van der Waals surface area contributed by atoms with Crippen LogP contribution >= 0.6 is 24.8 Å². The quantitative estimate of drug-likeness (QED) is 0.247. The largest absolute Gasteiger partial charge is 0.481 e. The third-order valence-corrected chi connectivity index (χ3v) is 6.60. The number of aliphatic carboxylic acids is 1. The van der Waals surface area contributed by atoms with Crippen molar-refractivity contribution >= 4 is 42.7 Å². The number of hydrogen-bond acceptors (Lipinski definition) is 5. The smallest absolute Gasteiger partial charge is 0.305 e. The third-order valence-electron chi connectivity index (χ3n) is 6.60. The number of guanidine groups is 1. The van der Waals surface area contributed by atoms with Crippen LogP contribution < -0.4 is 11.1 Å². The number of hydrogen-bond donors (Lipinski definition) is 4. The molecule has 0 radical (unpaired) electrons. The zero-order valence-electron chi connectivity index (χ0n) is 20.0. The monoisotopic (exact) mass is 511 g/mol. The van der Waals surface area contributed by atoms with Gasteiger partial charge in [0, 0.05) is 38.3 Å². The molecule has 2 heterocycles. The topological polar surface area (TPSA) is 132 Å². The highest BCUT2D eigenvalue weighted by Gasteiger charge is 2.33. The summed E-state index contributed by atoms with van der Waals surface area (Å²) in [7, 11) is 0. The number of nitrogens with one attached hydrogen (secondary N) is 2. The first kappa shape index (κ1) is 31.7. The molecule has 2 aliphatic rings. The van der Waals surface area contributed by atoms with Crippen LogP contribution in [0, 0.1) is 5.41 Å². The Morgan fingerprint density at radius 2 is 1.76 bits per heavy atom. The predicted molar refractivity (Wildman–Crippen MR) is 134 cm³/mol. The van der Waals surface area contributed by atoms with Crippen LogP contribution in [0.5, 0.6) is 0 Å². The fourth-order valence-electron chi connectivity index (χ4n) is 4.63. The fourth-order valence-corrected chi connectivity index (χ4v) is 4.63. The average Bonchev–Trinajstić information content (AvgIpc) is 2.76. The van der Waals surface area contributed by atoms with Crippen LogP contribution in [0.4, 0.5) is 0 Å². The second kappa shape index (κ2) is 16.4. The van der Waals surface area contributed by atoms with Gasteiger partial charge in [-0.15, -0.1) is 24.8 Å². The molecule has 0 saturated carbocycles. The van der Waals surface area contributed by atoms with Crippen molar-refractivity contribution in [1.29, 1.82) is 5.41 Å². The molecule has 0 aliphatic carbocycles. The minimum atomic E-state index is -0.953. The van der Waals surface area contributed by atoms with E-state index in [0.717, 1.165) is 64.5 Å². The second-order valence-electron chi connectivity index (χ2n) is 8.74. The summed E-state index contributed by atoms with van der Waals surface area (Å²) in [5.41, 5.74) is 5.55. The van der Waals surface area contributed by atoms with E-state index >= 15 is 0 Å². The number of carbonyl (C=O) groups is 2. The van der Waals surface area contributed by atoms with E-state index in [2.05, 4.69) is 5.32 Å². The Hall–Kier alpha value is -1.29. The van der Waals surface area contributed by atoms with Crippen molar-refractivity contribution in [3.05, 3.63) is 0 Å². The number of carbonyl (C=O) groups excluding carboxylic acids is 1. The lowest BCUT2D eigenvalue weighted by Gasteiger charge is -2.39. The Kier molecular flexibility index (Phi) is 15.7. The van der Waals surface area contributed by atoms with E-state index in [0.29, 0.717) is 13.2 Å². The van der Waals surface area contributed by atoms with Crippen LogP contribution in [0.15, 0.2) is 0 Å². The maximum absolute atomic E-state index is 13.3. The molecule has 0 aromatic carbocycles. The maximum Gasteiger partial charge on any atom is 0.305 e. The summed E-state index contributed by atoms with van der Waals surface area (Å²) in [6.07, 6.45) is 7.14. The number of amides is 1. The number of likely N-dealkylation sites (tertiary alicyclic amines) is 2. The van der Waals surface area contributed by atoms with E-state index < -0.39 is 12.0 Å². The standard InChI is InChI=1S/C22H41N5O4.2ClH/c1-3-16(4-2)25-19(15-20(28)29)21(30)27-11-6-5-7-17(27)10-14-31-18-8-12-26(13-9-18)22(23)24;;/h16-19,25H,3-15H2,1-2H3,(H3,23,24)(H,28,29);2*1H/t17-,19-;;/m0../s1. The normalized spacial score (nSPS) is 20.0. The molecular formula is C22H43Cl2N5O4. The van der Waals surface area contributed by atoms with Crippen molar-refractivity contribution in [3.8, 4) is 0 Å². The van der Waals surface area contributed by atoms with Gasteiger partial charge in [-0.1, -0.05) is 13.8 Å². The first-order valence-corrected chi connectivity index (χ1v) is 11.8. The minimum Gasteiger partial charge on any atom is -0.481 e. The Labute approximate surface area is 210 Å². The number of ether oxygens (including phenoxy) is 1. The van der Waals surface area contributed by atoms with Crippen molar-refractivity contribution in [2.45, 2.75) is 95.9 Å². The molecule has 2 atom stereocenters. The summed E-state index contributed by atoms with van der Waals surface area (Å²) >= 11 is 0. The van der Waals surface area contributed by atoms with Crippen LogP contribution in [-0.2, 0) is 14.3 Å². The lowest BCUT2D eigenvalue weighted by molar-refractivity contribution is -0.145. The summed E-state index contributed by atoms with van der Waals surface area (Å²) in [5, 5.41) is 20.1. The van der Waals surface area contributed by atoms with E-state index in [1.807, 2.05) is 23.6 Å². The number of piperidine rings is 2. The fraction of sp³-hybridized carbons (Fsp3) is 0.864. The molecule has 0 bridgehead atoms. The highest BCUT2D eigenvalue weighted by atomic mass is 35.5. The number of nitrogens with zero attached hydrogens (tertiary/aromatic N) is 2. The molecule has 11 heteroatoms. The molecule has 2 aliphatic heterocycles. The molecule has 2 saturated heterocycles. The number of rotatable bonds is 11. The van der Waals surface area contributed by atoms with E-state index in [9.17, 15) is 14.7 Å². The lowest BCUT2D eigenvalue weighted by atomic mass is 9.97. The molecule has 2 rings (SSSR count). The zero-order valence-corrected chi connectivity index (χ0v) is 21.6. The summed E-state index contributed by atoms with van der Waals surface area (Å²) in [6.45, 7) is 6.85. The number of carboxylic acids is 1. The molecule has 5 N–H and O–H groups in total. The third kappa shape index (κ3) is 10.2. The summed E-state index contributed by atoms with van der Waals surface area (Å²) in [4.78, 5) is 28.4. The zero-order chi connectivity index (χ0) is 22.8. The van der Waals surface area contributed by atoms with Gasteiger partial charge in [-0.05, 0) is 51.4 Å². The Morgan fingerprint density at radius 3 is 2.30 bits per heavy atom. The van der Waals surface area contributed by atoms with Crippen molar-refractivity contribution in [2.24, 2.45) is 5.73 Å². The number of carboxylic acid groups (broad SMARTS) is 1. The average molecular weight is 513 g/mol. The van der Waals surface area contributed by atoms with Gasteiger partial charge in [-0.3, -0.25) is 15.0 Å². The van der Waals surface area contributed by atoms with Crippen molar-refractivity contribution in [2.75, 3.05) is 26.2 Å². The van der Waals surface area contributed by atoms with Crippen LogP contribution in [0.3, 0.4) is 0 Å². The molecule has 0 aromatic heterocycles. The summed E-state index contributed by atoms with van der Waals surface area (Å²) < 4.78 is 6.08. The van der Waals surface area contributed by atoms with Crippen LogP contribution in [0.25, 0.3) is 0 Å². The van der Waals surface area contributed by atoms with E-state index in [4.69, 9.17) is 15.9 Å². The van der Waals surface area contributed by atoms with Gasteiger partial charge in [0.25, 0.3) is 0 Å². The van der Waals surface area contributed by atoms with Gasteiger partial charge >= 0.3 is 5.97 Å². The highest BCUT2D eigenvalue weighted by Crippen LogP contribution is 2.23. The van der Waals surface area contributed by atoms with E-state index in [1.165, 1.54) is 0 Å². The van der Waals surface area contributed by atoms with Gasteiger partial charge < -0.3 is 30.7 Å². The van der Waals surface area contributed by atoms with Gasteiger partial charge in [0.1, 0.15) is 0 Å². The van der Waals surface area contributed by atoms with Crippen molar-refractivity contribution in [1.82, 2.24) is 15.1 Å². The van der Waals surface area contributed by atoms with Crippen molar-refractivity contribution in [3.63, 3.8) is 0 Å². The predicted octanol–water partition coefficient (Wildman–Crippen LogP) is 2.60. The Morgan fingerprint density at radius 1 is 1.12 bits per heavy atom. The molecule has 0 spiro atoms. The van der Waals surface area contributed by atoms with E-state index in [1.54, 1.807) is 0 Å². The minimum absolute atomic E-state index is 0. The number of nitrogens with two attached hydrogens (primary N) is 1. The molecule has 2 fully saturated rings. The first-order valence-electron chi connectivity index (χ1n) is 11.8. The van der Waals surface area contributed by atoms with E-state index in [-0.39, 0.29) is 61.3 Å². The summed E-state index contributed by atoms with van der Waals surface area (Å²) in [6, 6.07) is -0.445. The molecule has 0 aromatic rings. The highest BCUT2D eigenvalue weighted by molar-refractivity contribution is 5.86. The van der Waals surface area contributed by atoms with Gasteiger partial charge in [-0.25, -0.2) is 0 Å². The SMILES string of the molecule is CCC(CC)N[C@@H](CC(=O)O)C(=O)N1CCCC[C@H]1CCOC1CCN(C(=N)N)CC1.Cl.Cl. The lowest BCUT2D eigenvalue weighted by Crippen LogP contribution is -2.55. The van der Waals surface area contributed by atoms with Crippen LogP contribution in [0.2, 0.25) is 0 Å². The molecule has 1 amide bonds. The Bertz CT molecular complexity index is 601. The molecular weight excluding hydrogens is 469 g/mol. The maximum atomic E-state index is 13.3. The first-order chi connectivity index (χ1) is 14.8. The van der Waals surface area contributed by atoms with Gasteiger partial charge in [0.05, 0.1) is 18.6 Å².